The standard InChI is InChI=1S/C54H46/c1-53(2,3)43-28-30-48-49(33-43)51(38-24-22-37(23-25-38)46-20-12-16-36-14-9-10-19-45(36)46)47-29-27-44(54(4,5)6)34-50(47)52(48)42-18-11-17-40(32-42)41-26-21-35-13-7-8-15-39(35)31-41/h7-34H,1-6H3. The molecule has 9 aromatic rings. The van der Waals surface area contributed by atoms with Gasteiger partial charge in [-0.2, -0.15) is 0 Å². The molecule has 0 aliphatic carbocycles. The Kier molecular flexibility index (Phi) is 8.05. The van der Waals surface area contributed by atoms with E-state index in [-0.39, 0.29) is 10.8 Å². The van der Waals surface area contributed by atoms with E-state index in [1.165, 1.54) is 98.7 Å². The molecule has 0 atom stereocenters. The lowest BCUT2D eigenvalue weighted by atomic mass is 9.79. The van der Waals surface area contributed by atoms with Gasteiger partial charge in [0.15, 0.2) is 0 Å². The molecule has 0 fully saturated rings. The molecule has 0 aromatic heterocycles. The van der Waals surface area contributed by atoms with Crippen LogP contribution in [0.4, 0.5) is 0 Å². The molecule has 0 aliphatic heterocycles. The fourth-order valence-electron chi connectivity index (χ4n) is 8.30. The Morgan fingerprint density at radius 2 is 0.778 bits per heavy atom. The lowest BCUT2D eigenvalue weighted by Gasteiger charge is -2.25. The maximum absolute atomic E-state index is 2.47. The molecular weight excluding hydrogens is 649 g/mol. The van der Waals surface area contributed by atoms with E-state index in [4.69, 9.17) is 0 Å². The number of fused-ring (bicyclic) bond motifs is 4. The van der Waals surface area contributed by atoms with Gasteiger partial charge in [-0.25, -0.2) is 0 Å². The van der Waals surface area contributed by atoms with Gasteiger partial charge in [-0.3, -0.25) is 0 Å². The molecule has 0 aliphatic rings. The van der Waals surface area contributed by atoms with Crippen LogP contribution in [-0.4, -0.2) is 0 Å². The van der Waals surface area contributed by atoms with Crippen LogP contribution in [0.3, 0.4) is 0 Å². The van der Waals surface area contributed by atoms with Gasteiger partial charge in [-0.1, -0.05) is 187 Å². The first-order valence-electron chi connectivity index (χ1n) is 19.3. The SMILES string of the molecule is CC(C)(C)c1ccc2c(-c3cccc(-c4ccc5ccccc5c4)c3)c3cc(C(C)(C)C)ccc3c(-c3ccc(-c4cccc5ccccc45)cc3)c2c1. The van der Waals surface area contributed by atoms with Crippen molar-refractivity contribution in [3.63, 3.8) is 0 Å². The van der Waals surface area contributed by atoms with E-state index in [2.05, 4.69) is 211 Å². The van der Waals surface area contributed by atoms with Gasteiger partial charge in [0.25, 0.3) is 0 Å². The van der Waals surface area contributed by atoms with Crippen molar-refractivity contribution in [2.24, 2.45) is 0 Å². The van der Waals surface area contributed by atoms with Gasteiger partial charge in [0.2, 0.25) is 0 Å². The second-order valence-electron chi connectivity index (χ2n) is 17.0. The van der Waals surface area contributed by atoms with Crippen molar-refractivity contribution in [2.75, 3.05) is 0 Å². The largest absolute Gasteiger partial charge is 0.0616 e. The van der Waals surface area contributed by atoms with E-state index >= 15 is 0 Å². The zero-order valence-electron chi connectivity index (χ0n) is 32.2. The van der Waals surface area contributed by atoms with Gasteiger partial charge in [-0.15, -0.1) is 0 Å². The third-order valence-electron chi connectivity index (χ3n) is 11.4. The van der Waals surface area contributed by atoms with Crippen LogP contribution < -0.4 is 0 Å². The van der Waals surface area contributed by atoms with Crippen LogP contribution in [0, 0.1) is 0 Å². The average Bonchev–Trinajstić information content (AvgIpc) is 3.18. The molecule has 9 rings (SSSR count). The maximum atomic E-state index is 2.47. The zero-order valence-corrected chi connectivity index (χ0v) is 32.2. The van der Waals surface area contributed by atoms with Crippen molar-refractivity contribution in [1.29, 1.82) is 0 Å². The van der Waals surface area contributed by atoms with Gasteiger partial charge in [-0.05, 0) is 134 Å². The minimum absolute atomic E-state index is 0.00369. The third kappa shape index (κ3) is 5.97. The Balaban J connectivity index is 1.31. The quantitative estimate of drug-likeness (QED) is 0.161. The van der Waals surface area contributed by atoms with Crippen molar-refractivity contribution in [3.8, 4) is 44.5 Å². The molecular formula is C54H46. The molecule has 262 valence electrons. The molecule has 0 amide bonds. The summed E-state index contributed by atoms with van der Waals surface area (Å²) < 4.78 is 0. The minimum Gasteiger partial charge on any atom is -0.0616 e. The van der Waals surface area contributed by atoms with Crippen LogP contribution in [-0.2, 0) is 10.8 Å². The molecule has 0 saturated carbocycles. The van der Waals surface area contributed by atoms with Gasteiger partial charge < -0.3 is 0 Å². The van der Waals surface area contributed by atoms with Crippen molar-refractivity contribution in [1.82, 2.24) is 0 Å². The van der Waals surface area contributed by atoms with Crippen molar-refractivity contribution < 1.29 is 0 Å². The summed E-state index contributed by atoms with van der Waals surface area (Å²) in [6.45, 7) is 13.9. The van der Waals surface area contributed by atoms with Gasteiger partial charge in [0.1, 0.15) is 0 Å². The Morgan fingerprint density at radius 3 is 1.44 bits per heavy atom. The van der Waals surface area contributed by atoms with Crippen molar-refractivity contribution in [3.05, 3.63) is 181 Å². The number of hydrogen-bond donors (Lipinski definition) is 0. The molecule has 0 nitrogen and oxygen atoms in total. The number of hydrogen-bond acceptors (Lipinski definition) is 0. The molecule has 0 heterocycles. The molecule has 0 bridgehead atoms. The highest BCUT2D eigenvalue weighted by molar-refractivity contribution is 6.22. The Bertz CT molecular complexity index is 2870. The van der Waals surface area contributed by atoms with Gasteiger partial charge in [0.05, 0.1) is 0 Å². The molecule has 0 radical (unpaired) electrons. The first-order chi connectivity index (χ1) is 26.0. The predicted molar refractivity (Wildman–Crippen MR) is 236 cm³/mol. The Morgan fingerprint density at radius 1 is 0.278 bits per heavy atom. The van der Waals surface area contributed by atoms with E-state index in [1.807, 2.05) is 0 Å². The second kappa shape index (κ2) is 12.9. The first-order valence-corrected chi connectivity index (χ1v) is 19.3. The van der Waals surface area contributed by atoms with Crippen molar-refractivity contribution in [2.45, 2.75) is 52.4 Å². The summed E-state index contributed by atoms with van der Waals surface area (Å²) in [6.07, 6.45) is 0. The average molecular weight is 695 g/mol. The summed E-state index contributed by atoms with van der Waals surface area (Å²) in [5.74, 6) is 0. The van der Waals surface area contributed by atoms with Crippen LogP contribution in [0.2, 0.25) is 0 Å². The summed E-state index contributed by atoms with van der Waals surface area (Å²) in [5.41, 5.74) is 12.7. The van der Waals surface area contributed by atoms with Crippen LogP contribution in [0.25, 0.3) is 87.6 Å². The number of benzene rings is 9. The maximum Gasteiger partial charge on any atom is -0.00260 e. The van der Waals surface area contributed by atoms with E-state index in [0.29, 0.717) is 0 Å². The van der Waals surface area contributed by atoms with Crippen LogP contribution >= 0.6 is 0 Å². The molecule has 0 N–H and O–H groups in total. The van der Waals surface area contributed by atoms with Crippen LogP contribution in [0.5, 0.6) is 0 Å². The summed E-state index contributed by atoms with van der Waals surface area (Å²) in [5, 5.41) is 10.2. The number of rotatable bonds is 4. The van der Waals surface area contributed by atoms with E-state index < -0.39 is 0 Å². The summed E-state index contributed by atoms with van der Waals surface area (Å²) in [7, 11) is 0. The molecule has 0 spiro atoms. The molecule has 0 unspecified atom stereocenters. The van der Waals surface area contributed by atoms with Crippen LogP contribution in [0.15, 0.2) is 170 Å². The Labute approximate surface area is 319 Å². The molecule has 0 saturated heterocycles. The summed E-state index contributed by atoms with van der Waals surface area (Å²) in [4.78, 5) is 0. The van der Waals surface area contributed by atoms with Crippen molar-refractivity contribution >= 4 is 43.1 Å². The fourth-order valence-corrected chi connectivity index (χ4v) is 8.30. The van der Waals surface area contributed by atoms with Gasteiger partial charge in [0, 0.05) is 0 Å². The third-order valence-corrected chi connectivity index (χ3v) is 11.4. The smallest absolute Gasteiger partial charge is 0.00260 e. The molecule has 9 aromatic carbocycles. The van der Waals surface area contributed by atoms with E-state index in [1.54, 1.807) is 0 Å². The zero-order chi connectivity index (χ0) is 37.2. The second-order valence-corrected chi connectivity index (χ2v) is 17.0. The summed E-state index contributed by atoms with van der Waals surface area (Å²) >= 11 is 0. The summed E-state index contributed by atoms with van der Waals surface area (Å²) in [6, 6.07) is 63.7. The highest BCUT2D eigenvalue weighted by Crippen LogP contribution is 2.47. The topological polar surface area (TPSA) is 0 Å². The predicted octanol–water partition coefficient (Wildman–Crippen LogP) is 15.6. The lowest BCUT2D eigenvalue weighted by molar-refractivity contribution is 0.590. The minimum atomic E-state index is 0.00369. The van der Waals surface area contributed by atoms with E-state index in [0.717, 1.165) is 0 Å². The fraction of sp³-hybridized carbons (Fsp3) is 0.148. The Hall–Kier alpha value is -5.98. The highest BCUT2D eigenvalue weighted by Gasteiger charge is 2.23. The lowest BCUT2D eigenvalue weighted by Crippen LogP contribution is -2.11. The first kappa shape index (κ1) is 33.8. The monoisotopic (exact) mass is 694 g/mol. The highest BCUT2D eigenvalue weighted by atomic mass is 14.3. The molecule has 0 heteroatoms. The molecule has 54 heavy (non-hydrogen) atoms. The van der Waals surface area contributed by atoms with Gasteiger partial charge >= 0.3 is 0 Å². The normalized spacial score (nSPS) is 12.3. The van der Waals surface area contributed by atoms with Crippen LogP contribution in [0.1, 0.15) is 52.7 Å². The van der Waals surface area contributed by atoms with E-state index in [9.17, 15) is 0 Å².